The first-order chi connectivity index (χ1) is 12.2. The van der Waals surface area contributed by atoms with Crippen LogP contribution in [0.5, 0.6) is 0 Å². The zero-order valence-corrected chi connectivity index (χ0v) is 15.5. The Labute approximate surface area is 155 Å². The van der Waals surface area contributed by atoms with E-state index in [-0.39, 0.29) is 16.3 Å². The van der Waals surface area contributed by atoms with E-state index in [4.69, 9.17) is 11.6 Å². The minimum atomic E-state index is -4.19. The second-order valence-corrected chi connectivity index (χ2v) is 7.57. The van der Waals surface area contributed by atoms with Crippen molar-refractivity contribution < 1.29 is 22.9 Å². The summed E-state index contributed by atoms with van der Waals surface area (Å²) < 4.78 is 31.4. The van der Waals surface area contributed by atoms with Gasteiger partial charge in [0, 0.05) is 17.2 Å². The van der Waals surface area contributed by atoms with Crippen LogP contribution in [0.4, 0.5) is 11.4 Å². The van der Waals surface area contributed by atoms with E-state index in [1.165, 1.54) is 36.4 Å². The molecule has 0 saturated carbocycles. The molecule has 0 spiro atoms. The van der Waals surface area contributed by atoms with Gasteiger partial charge in [-0.3, -0.25) is 19.2 Å². The molecular weight excluding hydrogens is 384 g/mol. The Bertz CT molecular complexity index is 944. The van der Waals surface area contributed by atoms with Crippen LogP contribution in [0.2, 0.25) is 5.02 Å². The van der Waals surface area contributed by atoms with Crippen LogP contribution in [0.3, 0.4) is 0 Å². The summed E-state index contributed by atoms with van der Waals surface area (Å²) in [5, 5.41) is 11.4. The number of ether oxygens (including phenoxy) is 1. The third kappa shape index (κ3) is 4.12. The van der Waals surface area contributed by atoms with Crippen molar-refractivity contribution in [2.45, 2.75) is 11.8 Å². The van der Waals surface area contributed by atoms with Crippen LogP contribution >= 0.6 is 11.6 Å². The van der Waals surface area contributed by atoms with Crippen molar-refractivity contribution in [1.82, 2.24) is 0 Å². The number of rotatable bonds is 6. The fourth-order valence-electron chi connectivity index (χ4n) is 2.20. The molecule has 0 N–H and O–H groups in total. The lowest BCUT2D eigenvalue weighted by atomic mass is 10.2. The minimum Gasteiger partial charge on any atom is -0.468 e. The van der Waals surface area contributed by atoms with Crippen LogP contribution < -0.4 is 4.31 Å². The second-order valence-electron chi connectivity index (χ2n) is 5.27. The zero-order valence-electron chi connectivity index (χ0n) is 13.9. The number of hydrogen-bond donors (Lipinski definition) is 0. The van der Waals surface area contributed by atoms with Gasteiger partial charge in [0.15, 0.2) is 0 Å². The number of carbonyl (C=O) groups excluding carboxylic acids is 1. The maximum atomic E-state index is 13.0. The van der Waals surface area contributed by atoms with E-state index >= 15 is 0 Å². The molecule has 10 heteroatoms. The topological polar surface area (TPSA) is 107 Å². The molecule has 2 aromatic rings. The van der Waals surface area contributed by atoms with Gasteiger partial charge in [0.25, 0.3) is 15.7 Å². The van der Waals surface area contributed by atoms with E-state index in [0.717, 1.165) is 17.5 Å². The predicted octanol–water partition coefficient (Wildman–Crippen LogP) is 2.92. The maximum Gasteiger partial charge on any atom is 0.326 e. The van der Waals surface area contributed by atoms with Crippen LogP contribution in [0.15, 0.2) is 47.4 Å². The van der Waals surface area contributed by atoms with Gasteiger partial charge in [0.1, 0.15) is 6.54 Å². The number of nitro groups is 1. The van der Waals surface area contributed by atoms with Crippen molar-refractivity contribution in [1.29, 1.82) is 0 Å². The molecule has 26 heavy (non-hydrogen) atoms. The summed E-state index contributed by atoms with van der Waals surface area (Å²) in [5.74, 6) is -0.812. The molecule has 0 bridgehead atoms. The van der Waals surface area contributed by atoms with Gasteiger partial charge in [-0.2, -0.15) is 0 Å². The third-order valence-electron chi connectivity index (χ3n) is 3.57. The van der Waals surface area contributed by atoms with Crippen LogP contribution in [-0.4, -0.2) is 33.0 Å². The zero-order chi connectivity index (χ0) is 19.5. The molecule has 0 aliphatic heterocycles. The van der Waals surface area contributed by atoms with Crippen LogP contribution in [0.25, 0.3) is 0 Å². The monoisotopic (exact) mass is 398 g/mol. The Hall–Kier alpha value is -2.65. The van der Waals surface area contributed by atoms with Crippen molar-refractivity contribution in [2.75, 3.05) is 18.0 Å². The summed E-state index contributed by atoms with van der Waals surface area (Å²) in [6.45, 7) is 0.949. The fraction of sp³-hybridized carbons (Fsp3) is 0.188. The number of sulfonamides is 1. The number of esters is 1. The van der Waals surface area contributed by atoms with Gasteiger partial charge in [0.2, 0.25) is 0 Å². The normalized spacial score (nSPS) is 11.0. The van der Waals surface area contributed by atoms with Gasteiger partial charge in [-0.1, -0.05) is 17.7 Å². The molecule has 8 nitrogen and oxygen atoms in total. The molecule has 0 heterocycles. The van der Waals surface area contributed by atoms with Gasteiger partial charge < -0.3 is 4.74 Å². The number of carbonyl (C=O) groups is 1. The molecule has 0 aliphatic carbocycles. The highest BCUT2D eigenvalue weighted by Gasteiger charge is 2.29. The Morgan fingerprint density at radius 1 is 1.23 bits per heavy atom. The summed E-state index contributed by atoms with van der Waals surface area (Å²) in [7, 11) is -3.07. The smallest absolute Gasteiger partial charge is 0.326 e. The number of aryl methyl sites for hydroxylation is 1. The molecule has 0 saturated heterocycles. The molecule has 0 atom stereocenters. The molecule has 0 amide bonds. The van der Waals surface area contributed by atoms with Gasteiger partial charge in [-0.05, 0) is 36.8 Å². The SMILES string of the molecule is COC(=O)CN(c1cc([N+](=O)[O-])ccc1C)S(=O)(=O)c1ccc(Cl)cc1. The van der Waals surface area contributed by atoms with Crippen molar-refractivity contribution in [3.8, 4) is 0 Å². The van der Waals surface area contributed by atoms with E-state index in [1.807, 2.05) is 0 Å². The van der Waals surface area contributed by atoms with Crippen molar-refractivity contribution in [3.05, 3.63) is 63.2 Å². The van der Waals surface area contributed by atoms with Crippen molar-refractivity contribution in [3.63, 3.8) is 0 Å². The number of methoxy groups -OCH3 is 1. The second kappa shape index (κ2) is 7.71. The summed E-state index contributed by atoms with van der Waals surface area (Å²) in [4.78, 5) is 22.1. The molecule has 0 aliphatic rings. The third-order valence-corrected chi connectivity index (χ3v) is 5.60. The number of non-ortho nitro benzene ring substituents is 1. The largest absolute Gasteiger partial charge is 0.468 e. The predicted molar refractivity (Wildman–Crippen MR) is 95.8 cm³/mol. The Morgan fingerprint density at radius 2 is 1.85 bits per heavy atom. The van der Waals surface area contributed by atoms with Crippen LogP contribution in [-0.2, 0) is 19.6 Å². The number of hydrogen-bond acceptors (Lipinski definition) is 6. The van der Waals surface area contributed by atoms with E-state index in [1.54, 1.807) is 6.92 Å². The summed E-state index contributed by atoms with van der Waals surface area (Å²) in [6.07, 6.45) is 0. The summed E-state index contributed by atoms with van der Waals surface area (Å²) in [5.41, 5.74) is 0.156. The lowest BCUT2D eigenvalue weighted by Crippen LogP contribution is -2.36. The molecular formula is C16H15ClN2O6S. The highest BCUT2D eigenvalue weighted by molar-refractivity contribution is 7.92. The first-order valence-corrected chi connectivity index (χ1v) is 9.09. The highest BCUT2D eigenvalue weighted by Crippen LogP contribution is 2.30. The number of anilines is 1. The molecule has 0 aromatic heterocycles. The summed E-state index contributed by atoms with van der Waals surface area (Å²) in [6, 6.07) is 9.13. The lowest BCUT2D eigenvalue weighted by Gasteiger charge is -2.24. The standard InChI is InChI=1S/C16H15ClN2O6S/c1-11-3-6-13(19(21)22)9-15(11)18(10-16(20)25-2)26(23,24)14-7-4-12(17)5-8-14/h3-9H,10H2,1-2H3. The molecule has 0 fully saturated rings. The van der Waals surface area contributed by atoms with Gasteiger partial charge in [-0.25, -0.2) is 8.42 Å². The fourth-order valence-corrected chi connectivity index (χ4v) is 3.79. The molecule has 2 rings (SSSR count). The molecule has 0 unspecified atom stereocenters. The Balaban J connectivity index is 2.64. The number of benzene rings is 2. The number of nitrogens with zero attached hydrogens (tertiary/aromatic N) is 2. The minimum absolute atomic E-state index is 0.0135. The summed E-state index contributed by atoms with van der Waals surface area (Å²) >= 11 is 5.79. The van der Waals surface area contributed by atoms with E-state index in [9.17, 15) is 23.3 Å². The van der Waals surface area contributed by atoms with Crippen LogP contribution in [0.1, 0.15) is 5.56 Å². The number of nitro benzene ring substituents is 1. The van der Waals surface area contributed by atoms with E-state index < -0.39 is 27.5 Å². The van der Waals surface area contributed by atoms with Gasteiger partial charge >= 0.3 is 5.97 Å². The average Bonchev–Trinajstić information content (AvgIpc) is 2.60. The van der Waals surface area contributed by atoms with E-state index in [0.29, 0.717) is 10.6 Å². The van der Waals surface area contributed by atoms with Gasteiger partial charge in [0.05, 0.1) is 22.6 Å². The lowest BCUT2D eigenvalue weighted by molar-refractivity contribution is -0.384. The first-order valence-electron chi connectivity index (χ1n) is 7.27. The average molecular weight is 399 g/mol. The Kier molecular flexibility index (Phi) is 5.83. The van der Waals surface area contributed by atoms with Crippen molar-refractivity contribution >= 4 is 39.0 Å². The Morgan fingerprint density at radius 3 is 2.38 bits per heavy atom. The molecule has 0 radical (unpaired) electrons. The molecule has 2 aromatic carbocycles. The quantitative estimate of drug-likeness (QED) is 0.420. The van der Waals surface area contributed by atoms with Crippen molar-refractivity contribution in [2.24, 2.45) is 0 Å². The molecule has 138 valence electrons. The van der Waals surface area contributed by atoms with E-state index in [2.05, 4.69) is 4.74 Å². The first kappa shape index (κ1) is 19.7. The van der Waals surface area contributed by atoms with Gasteiger partial charge in [-0.15, -0.1) is 0 Å². The maximum absolute atomic E-state index is 13.0. The number of halogens is 1. The highest BCUT2D eigenvalue weighted by atomic mass is 35.5. The van der Waals surface area contributed by atoms with Crippen LogP contribution in [0, 0.1) is 17.0 Å².